The smallest absolute Gasteiger partial charge is 0.0805 e. The van der Waals surface area contributed by atoms with Crippen molar-refractivity contribution in [3.05, 3.63) is 29.6 Å². The molecule has 0 amide bonds. The van der Waals surface area contributed by atoms with Gasteiger partial charge < -0.3 is 0 Å². The van der Waals surface area contributed by atoms with E-state index in [9.17, 15) is 0 Å². The molecule has 0 N–H and O–H groups in total. The Bertz CT molecular complexity index is 84.4. The van der Waals surface area contributed by atoms with E-state index in [1.54, 1.807) is 0 Å². The van der Waals surface area contributed by atoms with Crippen molar-refractivity contribution in [2.45, 2.75) is 0 Å². The van der Waals surface area contributed by atoms with E-state index < -0.39 is 0 Å². The Balaban J connectivity index is 0. The van der Waals surface area contributed by atoms with Crippen LogP contribution >= 0.6 is 0 Å². The van der Waals surface area contributed by atoms with E-state index in [4.69, 9.17) is 0 Å². The van der Waals surface area contributed by atoms with Crippen molar-refractivity contribution < 1.29 is 0 Å². The van der Waals surface area contributed by atoms with Gasteiger partial charge in [0, 0.05) is 9.12 Å². The summed E-state index contributed by atoms with van der Waals surface area (Å²) in [6.07, 6.45) is 0. The Morgan fingerprint density at radius 3 is 1.50 bits per heavy atom. The Hall–Kier alpha value is 1.36. The minimum Gasteiger partial charge on any atom is -0.0805 e. The van der Waals surface area contributed by atoms with Crippen molar-refractivity contribution in [3.63, 3.8) is 0 Å². The van der Waals surface area contributed by atoms with Gasteiger partial charge in [0.05, 0.1) is 0 Å². The first kappa shape index (κ1) is 12.1. The zero-order valence-corrected chi connectivity index (χ0v) is 9.27. The van der Waals surface area contributed by atoms with Crippen LogP contribution in [-0.2, 0) is 0 Å². The molecule has 0 aliphatic carbocycles. The van der Waals surface area contributed by atoms with E-state index in [0.717, 1.165) is 0 Å². The summed E-state index contributed by atoms with van der Waals surface area (Å²) < 4.78 is 0. The zero-order chi connectivity index (χ0) is 4.24. The first-order chi connectivity index (χ1) is 3.00. The van der Waals surface area contributed by atoms with Gasteiger partial charge >= 0.3 is 55.1 Å². The third-order valence-electron chi connectivity index (χ3n) is 0.667. The molecule has 30 valence electrons. The summed E-state index contributed by atoms with van der Waals surface area (Å²) in [5.41, 5.74) is 4.42. The summed E-state index contributed by atoms with van der Waals surface area (Å²) >= 11 is 0. The maximum absolute atomic E-state index is 2.21. The van der Waals surface area contributed by atoms with Gasteiger partial charge in [0.25, 0.3) is 0 Å². The van der Waals surface area contributed by atoms with Crippen LogP contribution in [0, 0.1) is 0 Å². The van der Waals surface area contributed by atoms with Crippen LogP contribution in [0.2, 0.25) is 0 Å². The summed E-state index contributed by atoms with van der Waals surface area (Å²) in [7, 11) is 0.513. The van der Waals surface area contributed by atoms with Crippen molar-refractivity contribution in [2.24, 2.45) is 0 Å². The molecule has 1 aromatic heterocycles. The van der Waals surface area contributed by atoms with Crippen molar-refractivity contribution in [1.29, 1.82) is 0 Å². The predicted molar refractivity (Wildman–Crippen MR) is 40.7 cm³/mol. The van der Waals surface area contributed by atoms with Gasteiger partial charge in [0.1, 0.15) is 0 Å². The molecule has 0 nitrogen and oxygen atoms in total. The average molecular weight is 161 g/mol. The first-order valence-corrected chi connectivity index (χ1v) is 3.33. The van der Waals surface area contributed by atoms with Crippen molar-refractivity contribution in [1.82, 2.24) is 0 Å². The maximum atomic E-state index is 2.21. The molecule has 0 unspecified atom stereocenters. The maximum Gasteiger partial charge on any atom is 3.00 e. The minimum absolute atomic E-state index is 0. The monoisotopic (exact) mass is 161 g/mol. The van der Waals surface area contributed by atoms with Gasteiger partial charge in [-0.15, -0.1) is 0 Å². The van der Waals surface area contributed by atoms with Crippen molar-refractivity contribution in [3.8, 4) is 0 Å². The second-order valence-electron chi connectivity index (χ2n) is 1.15. The van der Waals surface area contributed by atoms with Gasteiger partial charge in [-0.25, -0.2) is 0 Å². The van der Waals surface area contributed by atoms with Gasteiger partial charge in [-0.3, -0.25) is 0 Å². The fraction of sp³-hybridized carbons (Fsp3) is 0. The standard InChI is InChI=1S/C5H6Si.Al.Ca/c1-2-4-6-5-3-1;;/h1-6H;;/q;+3;+2. The molecular formula is C5H6AlCaSi+5. The van der Waals surface area contributed by atoms with Gasteiger partial charge in [-0.1, -0.05) is 29.6 Å². The van der Waals surface area contributed by atoms with E-state index in [-0.39, 0.29) is 55.1 Å². The van der Waals surface area contributed by atoms with E-state index in [1.807, 2.05) is 0 Å². The topological polar surface area (TPSA) is 0 Å². The van der Waals surface area contributed by atoms with E-state index in [1.165, 1.54) is 0 Å². The van der Waals surface area contributed by atoms with Crippen LogP contribution in [-0.4, -0.2) is 64.2 Å². The van der Waals surface area contributed by atoms with Crippen LogP contribution < -0.4 is 0 Å². The number of hydrogen-bond donors (Lipinski definition) is 0. The second-order valence-corrected chi connectivity index (χ2v) is 2.31. The van der Waals surface area contributed by atoms with Crippen LogP contribution in [0.1, 0.15) is 0 Å². The Labute approximate surface area is 92.6 Å². The summed E-state index contributed by atoms with van der Waals surface area (Å²) in [6, 6.07) is 6.24. The molecule has 0 aromatic carbocycles. The number of hydrogen-bond acceptors (Lipinski definition) is 0. The molecule has 1 heterocycles. The zero-order valence-electron chi connectivity index (χ0n) is 4.75. The molecule has 0 atom stereocenters. The minimum atomic E-state index is 0. The Morgan fingerprint density at radius 1 is 0.875 bits per heavy atom. The van der Waals surface area contributed by atoms with Crippen LogP contribution in [0.15, 0.2) is 29.6 Å². The fourth-order valence-electron chi connectivity index (χ4n) is 0.385. The summed E-state index contributed by atoms with van der Waals surface area (Å²) in [6.45, 7) is 0. The van der Waals surface area contributed by atoms with Gasteiger partial charge in [0.15, 0.2) is 0 Å². The van der Waals surface area contributed by atoms with Gasteiger partial charge in [-0.2, -0.15) is 0 Å². The Kier molecular flexibility index (Phi) is 12.6. The molecule has 1 rings (SSSR count). The van der Waals surface area contributed by atoms with Crippen LogP contribution in [0.3, 0.4) is 0 Å². The SMILES string of the molecule is [Al+3].[Ca+2].c1cc[siH]cc1. The van der Waals surface area contributed by atoms with Crippen LogP contribution in [0.4, 0.5) is 0 Å². The predicted octanol–water partition coefficient (Wildman–Crippen LogP) is -0.00460. The molecule has 8 heavy (non-hydrogen) atoms. The van der Waals surface area contributed by atoms with E-state index in [0.29, 0.717) is 9.12 Å². The van der Waals surface area contributed by atoms with E-state index >= 15 is 0 Å². The average Bonchev–Trinajstić information content (AvgIpc) is 1.72. The first-order valence-electron chi connectivity index (χ1n) is 2.00. The fourth-order valence-corrected chi connectivity index (χ4v) is 1.03. The van der Waals surface area contributed by atoms with Crippen molar-refractivity contribution >= 4 is 64.2 Å². The third-order valence-corrected chi connectivity index (χ3v) is 1.56. The summed E-state index contributed by atoms with van der Waals surface area (Å²) in [4.78, 5) is 0. The molecule has 0 saturated carbocycles. The number of rotatable bonds is 0. The summed E-state index contributed by atoms with van der Waals surface area (Å²) in [5, 5.41) is 0. The molecule has 0 aliphatic rings. The Morgan fingerprint density at radius 2 is 1.38 bits per heavy atom. The molecule has 1 aromatic rings. The summed E-state index contributed by atoms with van der Waals surface area (Å²) in [5.74, 6) is 0. The largest absolute Gasteiger partial charge is 3.00 e. The molecule has 0 bridgehead atoms. The van der Waals surface area contributed by atoms with Crippen LogP contribution in [0.5, 0.6) is 0 Å². The third kappa shape index (κ3) is 5.49. The second kappa shape index (κ2) is 8.36. The molecule has 0 spiro atoms. The molecule has 3 heteroatoms. The van der Waals surface area contributed by atoms with Gasteiger partial charge in [0.2, 0.25) is 0 Å². The van der Waals surface area contributed by atoms with Crippen LogP contribution in [0.25, 0.3) is 0 Å². The van der Waals surface area contributed by atoms with E-state index in [2.05, 4.69) is 29.6 Å². The molecule has 0 fully saturated rings. The molecule has 0 radical (unpaired) electrons. The van der Waals surface area contributed by atoms with Gasteiger partial charge in [-0.05, 0) is 0 Å². The molecular weight excluding hydrogens is 155 g/mol. The molecule has 0 saturated heterocycles. The normalized spacial score (nSPS) is 6.00. The quantitative estimate of drug-likeness (QED) is 0.470. The molecule has 0 aliphatic heterocycles. The van der Waals surface area contributed by atoms with Crippen molar-refractivity contribution in [2.75, 3.05) is 0 Å².